The van der Waals surface area contributed by atoms with Crippen molar-refractivity contribution in [3.63, 3.8) is 0 Å². The van der Waals surface area contributed by atoms with Gasteiger partial charge in [-0.05, 0) is 70.4 Å². The third-order valence-corrected chi connectivity index (χ3v) is 5.52. The first kappa shape index (κ1) is 21.1. The fraction of sp³-hybridized carbons (Fsp3) is 0.364. The molecule has 0 unspecified atom stereocenters. The highest BCUT2D eigenvalue weighted by Gasteiger charge is 2.21. The van der Waals surface area contributed by atoms with Crippen molar-refractivity contribution in [3.8, 4) is 11.5 Å². The van der Waals surface area contributed by atoms with E-state index in [2.05, 4.69) is 4.90 Å². The maximum Gasteiger partial charge on any atom is 0.260 e. The van der Waals surface area contributed by atoms with Gasteiger partial charge in [-0.15, -0.1) is 0 Å². The van der Waals surface area contributed by atoms with Crippen molar-refractivity contribution >= 4 is 32.6 Å². The quantitative estimate of drug-likeness (QED) is 0.523. The third-order valence-electron chi connectivity index (χ3n) is 4.46. The van der Waals surface area contributed by atoms with Gasteiger partial charge < -0.3 is 14.4 Å². The molecule has 0 aliphatic heterocycles. The van der Waals surface area contributed by atoms with Crippen LogP contribution in [-0.4, -0.2) is 56.7 Å². The number of rotatable bonds is 9. The highest BCUT2D eigenvalue weighted by atomic mass is 32.1. The van der Waals surface area contributed by atoms with Gasteiger partial charge in [-0.1, -0.05) is 11.3 Å². The van der Waals surface area contributed by atoms with E-state index in [1.807, 2.05) is 63.5 Å². The second kappa shape index (κ2) is 9.71. The lowest BCUT2D eigenvalue weighted by Crippen LogP contribution is -2.33. The zero-order chi connectivity index (χ0) is 20.8. The average Bonchev–Trinajstić information content (AvgIpc) is 3.14. The molecule has 6 nitrogen and oxygen atoms in total. The lowest BCUT2D eigenvalue weighted by molar-refractivity contribution is 0.0986. The number of anilines is 1. The number of aromatic nitrogens is 1. The minimum absolute atomic E-state index is 0.0576. The van der Waals surface area contributed by atoms with Crippen molar-refractivity contribution in [3.05, 3.63) is 48.0 Å². The monoisotopic (exact) mass is 413 g/mol. The number of nitrogens with zero attached hydrogens (tertiary/aromatic N) is 3. The highest BCUT2D eigenvalue weighted by Crippen LogP contribution is 2.32. The molecule has 0 radical (unpaired) electrons. The molecular weight excluding hydrogens is 386 g/mol. The summed E-state index contributed by atoms with van der Waals surface area (Å²) in [5.41, 5.74) is 1.46. The summed E-state index contributed by atoms with van der Waals surface area (Å²) >= 11 is 1.52. The number of benzene rings is 2. The lowest BCUT2D eigenvalue weighted by atomic mass is 10.2. The largest absolute Gasteiger partial charge is 0.497 e. The zero-order valence-electron chi connectivity index (χ0n) is 17.3. The van der Waals surface area contributed by atoms with Crippen molar-refractivity contribution in [2.45, 2.75) is 13.3 Å². The van der Waals surface area contributed by atoms with Gasteiger partial charge >= 0.3 is 0 Å². The van der Waals surface area contributed by atoms with E-state index in [9.17, 15) is 4.79 Å². The Morgan fingerprint density at radius 3 is 2.45 bits per heavy atom. The lowest BCUT2D eigenvalue weighted by Gasteiger charge is -2.21. The van der Waals surface area contributed by atoms with Crippen LogP contribution in [0.15, 0.2) is 42.5 Å². The SMILES string of the molecule is CCOc1ccc(C(=O)N(CCCN(C)C)c2nc3cc(OC)ccc3s2)cc1. The molecule has 0 spiro atoms. The molecule has 2 aromatic carbocycles. The Bertz CT molecular complexity index is 954. The number of fused-ring (bicyclic) bond motifs is 1. The topological polar surface area (TPSA) is 54.9 Å². The van der Waals surface area contributed by atoms with E-state index in [1.54, 1.807) is 12.0 Å². The van der Waals surface area contributed by atoms with E-state index >= 15 is 0 Å². The number of amides is 1. The second-order valence-electron chi connectivity index (χ2n) is 6.90. The molecule has 0 bridgehead atoms. The van der Waals surface area contributed by atoms with E-state index in [0.717, 1.165) is 34.7 Å². The Kier molecular flexibility index (Phi) is 7.06. The van der Waals surface area contributed by atoms with E-state index < -0.39 is 0 Å². The normalized spacial score (nSPS) is 11.1. The van der Waals surface area contributed by atoms with Crippen LogP contribution in [0.25, 0.3) is 10.2 Å². The van der Waals surface area contributed by atoms with Crippen molar-refractivity contribution < 1.29 is 14.3 Å². The average molecular weight is 414 g/mol. The Labute approximate surface area is 175 Å². The van der Waals surface area contributed by atoms with Gasteiger partial charge in [0.2, 0.25) is 0 Å². The molecule has 0 saturated heterocycles. The van der Waals surface area contributed by atoms with Gasteiger partial charge in [0.25, 0.3) is 5.91 Å². The molecule has 0 aliphatic carbocycles. The van der Waals surface area contributed by atoms with E-state index in [-0.39, 0.29) is 5.91 Å². The van der Waals surface area contributed by atoms with Crippen molar-refractivity contribution in [2.75, 3.05) is 45.8 Å². The number of hydrogen-bond acceptors (Lipinski definition) is 6. The van der Waals surface area contributed by atoms with Gasteiger partial charge in [-0.25, -0.2) is 4.98 Å². The van der Waals surface area contributed by atoms with Crippen LogP contribution in [-0.2, 0) is 0 Å². The molecule has 3 rings (SSSR count). The number of carbonyl (C=O) groups excluding carboxylic acids is 1. The summed E-state index contributed by atoms with van der Waals surface area (Å²) in [7, 11) is 5.70. The van der Waals surface area contributed by atoms with Crippen LogP contribution < -0.4 is 14.4 Å². The van der Waals surface area contributed by atoms with Crippen molar-refractivity contribution in [1.29, 1.82) is 0 Å². The maximum absolute atomic E-state index is 13.3. The number of ether oxygens (including phenoxy) is 2. The molecular formula is C22H27N3O3S. The fourth-order valence-corrected chi connectivity index (χ4v) is 3.95. The van der Waals surface area contributed by atoms with Crippen molar-refractivity contribution in [2.24, 2.45) is 0 Å². The highest BCUT2D eigenvalue weighted by molar-refractivity contribution is 7.22. The Morgan fingerprint density at radius 1 is 1.07 bits per heavy atom. The molecule has 0 fully saturated rings. The van der Waals surface area contributed by atoms with Crippen LogP contribution in [0.5, 0.6) is 11.5 Å². The van der Waals surface area contributed by atoms with E-state index in [0.29, 0.717) is 23.8 Å². The molecule has 1 aromatic heterocycles. The Balaban J connectivity index is 1.89. The molecule has 0 atom stereocenters. The standard InChI is InChI=1S/C22H27N3O3S/c1-5-28-17-9-7-16(8-10-17)21(26)25(14-6-13-24(2)3)22-23-19-15-18(27-4)11-12-20(19)29-22/h7-12,15H,5-6,13-14H2,1-4H3. The first-order valence-electron chi connectivity index (χ1n) is 9.66. The van der Waals surface area contributed by atoms with Crippen LogP contribution in [0.4, 0.5) is 5.13 Å². The van der Waals surface area contributed by atoms with Crippen LogP contribution in [0.3, 0.4) is 0 Å². The molecule has 0 saturated carbocycles. The molecule has 1 heterocycles. The molecule has 29 heavy (non-hydrogen) atoms. The maximum atomic E-state index is 13.3. The molecule has 3 aromatic rings. The summed E-state index contributed by atoms with van der Waals surface area (Å²) < 4.78 is 11.8. The smallest absolute Gasteiger partial charge is 0.260 e. The van der Waals surface area contributed by atoms with Gasteiger partial charge in [-0.2, -0.15) is 0 Å². The third kappa shape index (κ3) is 5.25. The minimum atomic E-state index is -0.0576. The van der Waals surface area contributed by atoms with Crippen LogP contribution in [0, 0.1) is 0 Å². The molecule has 154 valence electrons. The summed E-state index contributed by atoms with van der Waals surface area (Å²) in [5, 5.41) is 0.700. The van der Waals surface area contributed by atoms with Gasteiger partial charge in [0.05, 0.1) is 23.9 Å². The number of methoxy groups -OCH3 is 1. The summed E-state index contributed by atoms with van der Waals surface area (Å²) in [5.74, 6) is 1.46. The first-order valence-corrected chi connectivity index (χ1v) is 10.5. The molecule has 0 aliphatic rings. The van der Waals surface area contributed by atoms with Gasteiger partial charge in [-0.3, -0.25) is 9.69 Å². The number of hydrogen-bond donors (Lipinski definition) is 0. The molecule has 1 amide bonds. The van der Waals surface area contributed by atoms with E-state index in [4.69, 9.17) is 14.5 Å². The minimum Gasteiger partial charge on any atom is -0.497 e. The van der Waals surface area contributed by atoms with Crippen LogP contribution >= 0.6 is 11.3 Å². The predicted molar refractivity (Wildman–Crippen MR) is 119 cm³/mol. The van der Waals surface area contributed by atoms with Crippen LogP contribution in [0.1, 0.15) is 23.7 Å². The first-order chi connectivity index (χ1) is 14.0. The van der Waals surface area contributed by atoms with Crippen LogP contribution in [0.2, 0.25) is 0 Å². The molecule has 7 heteroatoms. The van der Waals surface area contributed by atoms with E-state index in [1.165, 1.54) is 11.3 Å². The Morgan fingerprint density at radius 2 is 1.79 bits per heavy atom. The summed E-state index contributed by atoms with van der Waals surface area (Å²) in [4.78, 5) is 21.9. The molecule has 0 N–H and O–H groups in total. The Hall–Kier alpha value is -2.64. The summed E-state index contributed by atoms with van der Waals surface area (Å²) in [6.45, 7) is 4.03. The van der Waals surface area contributed by atoms with Gasteiger partial charge in [0, 0.05) is 18.2 Å². The predicted octanol–water partition coefficient (Wildman–Crippen LogP) is 4.30. The van der Waals surface area contributed by atoms with Gasteiger partial charge in [0.1, 0.15) is 11.5 Å². The number of carbonyl (C=O) groups is 1. The zero-order valence-corrected chi connectivity index (χ0v) is 18.2. The van der Waals surface area contributed by atoms with Gasteiger partial charge in [0.15, 0.2) is 5.13 Å². The fourth-order valence-electron chi connectivity index (χ4n) is 2.98. The summed E-state index contributed by atoms with van der Waals surface area (Å²) in [6.07, 6.45) is 0.856. The van der Waals surface area contributed by atoms with Crippen molar-refractivity contribution in [1.82, 2.24) is 9.88 Å². The second-order valence-corrected chi connectivity index (χ2v) is 7.91. The number of thiazole rings is 1. The summed E-state index contributed by atoms with van der Waals surface area (Å²) in [6, 6.07) is 13.1.